The zero-order valence-corrected chi connectivity index (χ0v) is 27.2. The van der Waals surface area contributed by atoms with Crippen LogP contribution in [0.5, 0.6) is 5.75 Å². The van der Waals surface area contributed by atoms with Gasteiger partial charge in [-0.25, -0.2) is 0 Å². The highest BCUT2D eigenvalue weighted by atomic mass is 16.6. The number of phenolic OH excluding ortho intramolecular Hbond substituents is 1. The van der Waals surface area contributed by atoms with Crippen molar-refractivity contribution in [3.8, 4) is 5.75 Å². The number of Topliss-reactive ketones (excluding diaryl/α,β-unsaturated/α-hetero) is 2. The van der Waals surface area contributed by atoms with Crippen LogP contribution < -0.4 is 0 Å². The van der Waals surface area contributed by atoms with Crippen molar-refractivity contribution in [3.63, 3.8) is 0 Å². The van der Waals surface area contributed by atoms with Crippen molar-refractivity contribution in [1.82, 2.24) is 0 Å². The largest absolute Gasteiger partial charge is 0.508 e. The summed E-state index contributed by atoms with van der Waals surface area (Å²) < 4.78 is 5.72. The summed E-state index contributed by atoms with van der Waals surface area (Å²) in [6, 6.07) is 7.21. The fraction of sp³-hybridized carbons (Fsp3) is 0.730. The maximum absolute atomic E-state index is 14.1. The van der Waals surface area contributed by atoms with Gasteiger partial charge in [0.15, 0.2) is 5.78 Å². The smallest absolute Gasteiger partial charge is 0.159 e. The Balaban J connectivity index is 1.40. The van der Waals surface area contributed by atoms with Crippen molar-refractivity contribution in [2.75, 3.05) is 6.61 Å². The number of benzene rings is 1. The van der Waals surface area contributed by atoms with Crippen molar-refractivity contribution in [3.05, 3.63) is 41.0 Å². The highest BCUT2D eigenvalue weighted by Gasteiger charge is 2.70. The van der Waals surface area contributed by atoms with E-state index in [-0.39, 0.29) is 75.5 Å². The number of allylic oxidation sites excluding steroid dienone is 2. The number of rotatable bonds is 7. The van der Waals surface area contributed by atoms with Crippen LogP contribution in [0.3, 0.4) is 0 Å². The molecule has 1 aromatic rings. The van der Waals surface area contributed by atoms with Crippen molar-refractivity contribution < 1.29 is 29.6 Å². The maximum atomic E-state index is 14.1. The van der Waals surface area contributed by atoms with Crippen molar-refractivity contribution in [2.45, 2.75) is 124 Å². The Morgan fingerprint density at radius 2 is 1.74 bits per heavy atom. The van der Waals surface area contributed by atoms with Gasteiger partial charge in [0, 0.05) is 29.8 Å². The lowest BCUT2D eigenvalue weighted by Gasteiger charge is -2.69. The van der Waals surface area contributed by atoms with Gasteiger partial charge in [0.1, 0.15) is 17.6 Å². The monoisotopic (exact) mass is 592 g/mol. The Bertz CT molecular complexity index is 1360. The molecule has 5 aliphatic rings. The molecule has 1 heterocycles. The number of aliphatic hydroxyl groups excluding tert-OH is 2. The molecule has 9 atom stereocenters. The lowest BCUT2D eigenvalue weighted by molar-refractivity contribution is -0.193. The quantitative estimate of drug-likeness (QED) is 0.312. The molecular weight excluding hydrogens is 540 g/mol. The van der Waals surface area contributed by atoms with Crippen LogP contribution in [-0.2, 0) is 14.3 Å². The van der Waals surface area contributed by atoms with Gasteiger partial charge in [-0.1, -0.05) is 52.3 Å². The number of carbonyl (C=O) groups is 2. The van der Waals surface area contributed by atoms with Gasteiger partial charge in [0.2, 0.25) is 0 Å². The molecule has 43 heavy (non-hydrogen) atoms. The molecule has 0 bridgehead atoms. The van der Waals surface area contributed by atoms with E-state index in [1.54, 1.807) is 12.1 Å². The summed E-state index contributed by atoms with van der Waals surface area (Å²) in [7, 11) is 0. The minimum atomic E-state index is -0.605. The molecule has 6 rings (SSSR count). The molecule has 236 valence electrons. The predicted octanol–water partition coefficient (Wildman–Crippen LogP) is 6.51. The summed E-state index contributed by atoms with van der Waals surface area (Å²) in [4.78, 5) is 28.1. The summed E-state index contributed by atoms with van der Waals surface area (Å²) >= 11 is 0. The van der Waals surface area contributed by atoms with E-state index in [1.165, 1.54) is 5.57 Å². The van der Waals surface area contributed by atoms with Crippen LogP contribution in [0.2, 0.25) is 0 Å². The van der Waals surface area contributed by atoms with Gasteiger partial charge < -0.3 is 20.1 Å². The minimum absolute atomic E-state index is 0.0599. The molecular formula is C37H52O6. The molecule has 3 saturated carbocycles. The van der Waals surface area contributed by atoms with Crippen LogP contribution in [0.15, 0.2) is 35.4 Å². The second kappa shape index (κ2) is 9.99. The fourth-order valence-electron chi connectivity index (χ4n) is 11.6. The molecule has 3 N–H and O–H groups in total. The standard InChI is InChI=1S/C37H52O6/c1-21(17-26(40)32-34(4,5)43-32)30-25-11-12-29-35(6)19-24(22-9-8-10-23(39)18-22)31(42)33(2,3)28(35)13-14-37(29,15-16-38)36(25,7)20-27(30)41/h8-10,18,21,24,26,28-29,32,38-40H,11-17,19-20H2,1-7H3/t21-,24+,26-,28+,29+,32+,35+,36+,37-/m1/s1. The van der Waals surface area contributed by atoms with E-state index in [0.717, 1.165) is 43.2 Å². The summed E-state index contributed by atoms with van der Waals surface area (Å²) in [5, 5.41) is 31.9. The molecule has 0 unspecified atom stereocenters. The fourth-order valence-corrected chi connectivity index (χ4v) is 11.6. The molecule has 1 aliphatic heterocycles. The molecule has 1 saturated heterocycles. The third-order valence-corrected chi connectivity index (χ3v) is 13.5. The number of aliphatic hydroxyl groups is 2. The van der Waals surface area contributed by atoms with E-state index in [9.17, 15) is 24.9 Å². The molecule has 0 spiro atoms. The average molecular weight is 593 g/mol. The number of hydrogen-bond donors (Lipinski definition) is 3. The lowest BCUT2D eigenvalue weighted by Crippen LogP contribution is -2.64. The number of epoxide rings is 1. The Labute approximate surface area is 257 Å². The average Bonchev–Trinajstić information content (AvgIpc) is 3.46. The number of phenols is 1. The molecule has 0 aromatic heterocycles. The van der Waals surface area contributed by atoms with Gasteiger partial charge in [0.05, 0.1) is 11.7 Å². The van der Waals surface area contributed by atoms with Crippen LogP contribution in [0.4, 0.5) is 0 Å². The number of fused-ring (bicyclic) bond motifs is 5. The number of ether oxygens (including phenoxy) is 1. The second-order valence-corrected chi connectivity index (χ2v) is 16.4. The Morgan fingerprint density at radius 3 is 2.37 bits per heavy atom. The molecule has 4 aliphatic carbocycles. The summed E-state index contributed by atoms with van der Waals surface area (Å²) in [5.74, 6) is 0.743. The summed E-state index contributed by atoms with van der Waals surface area (Å²) in [6.45, 7) is 15.1. The molecule has 0 radical (unpaired) electrons. The molecule has 6 nitrogen and oxygen atoms in total. The first-order valence-electron chi connectivity index (χ1n) is 16.6. The van der Waals surface area contributed by atoms with Gasteiger partial charge >= 0.3 is 0 Å². The zero-order valence-electron chi connectivity index (χ0n) is 27.2. The third-order valence-electron chi connectivity index (χ3n) is 13.5. The van der Waals surface area contributed by atoms with Gasteiger partial charge in [-0.05, 0) is 111 Å². The first-order valence-corrected chi connectivity index (χ1v) is 16.6. The van der Waals surface area contributed by atoms with Crippen LogP contribution in [0, 0.1) is 39.4 Å². The van der Waals surface area contributed by atoms with E-state index in [1.807, 2.05) is 26.0 Å². The van der Waals surface area contributed by atoms with E-state index in [4.69, 9.17) is 4.74 Å². The first kappa shape index (κ1) is 31.0. The second-order valence-electron chi connectivity index (χ2n) is 16.4. The lowest BCUT2D eigenvalue weighted by atomic mass is 9.34. The summed E-state index contributed by atoms with van der Waals surface area (Å²) in [5.41, 5.74) is 1.44. The van der Waals surface area contributed by atoms with E-state index < -0.39 is 11.5 Å². The highest BCUT2D eigenvalue weighted by molar-refractivity contribution is 6.00. The van der Waals surface area contributed by atoms with E-state index in [2.05, 4.69) is 34.6 Å². The number of ketones is 2. The van der Waals surface area contributed by atoms with Gasteiger partial charge in [-0.15, -0.1) is 0 Å². The molecule has 0 amide bonds. The summed E-state index contributed by atoms with van der Waals surface area (Å²) in [6.07, 6.45) is 5.10. The van der Waals surface area contributed by atoms with E-state index >= 15 is 0 Å². The number of hydrogen-bond acceptors (Lipinski definition) is 6. The molecule has 4 fully saturated rings. The SMILES string of the molecule is C[C@H](C[C@@H](O)[C@@H]1OC1(C)C)C1=C2CC[C@H]3[C@@]4(C)C[C@@H](c5cccc(O)c5)C(=O)C(C)(C)[C@@H]4CC[C@]3(CCO)[C@@]2(C)CC1=O. The number of aromatic hydroxyl groups is 1. The van der Waals surface area contributed by atoms with Crippen molar-refractivity contribution in [1.29, 1.82) is 0 Å². The Morgan fingerprint density at radius 1 is 1.05 bits per heavy atom. The van der Waals surface area contributed by atoms with Crippen LogP contribution in [-0.4, -0.2) is 51.3 Å². The molecule has 6 heteroatoms. The normalized spacial score (nSPS) is 40.9. The number of carbonyl (C=O) groups excluding carboxylic acids is 2. The highest BCUT2D eigenvalue weighted by Crippen LogP contribution is 2.75. The van der Waals surface area contributed by atoms with Gasteiger partial charge in [-0.2, -0.15) is 0 Å². The molecule has 1 aromatic carbocycles. The van der Waals surface area contributed by atoms with Crippen molar-refractivity contribution in [2.24, 2.45) is 39.4 Å². The van der Waals surface area contributed by atoms with Crippen molar-refractivity contribution >= 4 is 11.6 Å². The van der Waals surface area contributed by atoms with Gasteiger partial charge in [-0.3, -0.25) is 9.59 Å². The Kier molecular flexibility index (Phi) is 7.20. The Hall–Kier alpha value is -2.02. The zero-order chi connectivity index (χ0) is 31.3. The minimum Gasteiger partial charge on any atom is -0.508 e. The van der Waals surface area contributed by atoms with Crippen LogP contribution in [0.25, 0.3) is 0 Å². The third kappa shape index (κ3) is 4.36. The van der Waals surface area contributed by atoms with E-state index in [0.29, 0.717) is 19.3 Å². The van der Waals surface area contributed by atoms with Gasteiger partial charge in [0.25, 0.3) is 0 Å². The first-order chi connectivity index (χ1) is 20.0. The topological polar surface area (TPSA) is 107 Å². The maximum Gasteiger partial charge on any atom is 0.159 e. The predicted molar refractivity (Wildman–Crippen MR) is 165 cm³/mol. The van der Waals surface area contributed by atoms with Crippen LogP contribution >= 0.6 is 0 Å². The van der Waals surface area contributed by atoms with Crippen LogP contribution in [0.1, 0.15) is 111 Å².